The SMILES string of the molecule is CC(C)(C)[C@H](NC(=O)c1nn(C[C@@H]2COCCO2)c2c(F)cccc12)C(=O)NCCS(C)(=O)=O. The molecule has 0 unspecified atom stereocenters. The van der Waals surface area contributed by atoms with Crippen LogP contribution in [0.4, 0.5) is 4.39 Å². The lowest BCUT2D eigenvalue weighted by Crippen LogP contribution is -2.54. The van der Waals surface area contributed by atoms with Crippen molar-refractivity contribution < 1.29 is 31.9 Å². The zero-order valence-corrected chi connectivity index (χ0v) is 20.6. The molecule has 1 aromatic carbocycles. The Balaban J connectivity index is 1.85. The first-order valence-electron chi connectivity index (χ1n) is 11.0. The highest BCUT2D eigenvalue weighted by Crippen LogP contribution is 2.24. The van der Waals surface area contributed by atoms with Crippen molar-refractivity contribution in [1.82, 2.24) is 20.4 Å². The zero-order chi connectivity index (χ0) is 25.1. The third-order valence-corrected chi connectivity index (χ3v) is 6.32. The molecule has 12 heteroatoms. The molecule has 1 fully saturated rings. The normalized spacial score (nSPS) is 18.0. The molecule has 1 aliphatic rings. The van der Waals surface area contributed by atoms with Gasteiger partial charge in [-0.05, 0) is 11.5 Å². The van der Waals surface area contributed by atoms with Crippen LogP contribution < -0.4 is 10.6 Å². The highest BCUT2D eigenvalue weighted by atomic mass is 32.2. The molecular formula is C22H31FN4O6S. The van der Waals surface area contributed by atoms with Crippen LogP contribution >= 0.6 is 0 Å². The van der Waals surface area contributed by atoms with Gasteiger partial charge in [0, 0.05) is 18.2 Å². The van der Waals surface area contributed by atoms with Gasteiger partial charge in [0.25, 0.3) is 5.91 Å². The molecule has 2 aromatic rings. The number of carbonyl (C=O) groups excluding carboxylic acids is 2. The minimum Gasteiger partial charge on any atom is -0.376 e. The van der Waals surface area contributed by atoms with Crippen LogP contribution in [-0.4, -0.2) is 80.5 Å². The highest BCUT2D eigenvalue weighted by molar-refractivity contribution is 7.90. The molecule has 2 amide bonds. The number of nitrogens with zero attached hydrogens (tertiary/aromatic N) is 2. The van der Waals surface area contributed by atoms with Gasteiger partial charge in [0.05, 0.1) is 32.1 Å². The molecule has 1 saturated heterocycles. The Bertz CT molecular complexity index is 1150. The van der Waals surface area contributed by atoms with Crippen molar-refractivity contribution in [2.45, 2.75) is 39.5 Å². The summed E-state index contributed by atoms with van der Waals surface area (Å²) in [6, 6.07) is 3.38. The van der Waals surface area contributed by atoms with E-state index in [-0.39, 0.29) is 36.2 Å². The first-order valence-corrected chi connectivity index (χ1v) is 13.0. The molecule has 2 N–H and O–H groups in total. The van der Waals surface area contributed by atoms with Crippen LogP contribution in [0.5, 0.6) is 0 Å². The Hall–Kier alpha value is -2.57. The number of rotatable bonds is 8. The van der Waals surface area contributed by atoms with Crippen LogP contribution in [0.2, 0.25) is 0 Å². The summed E-state index contributed by atoms with van der Waals surface area (Å²) in [4.78, 5) is 26.0. The molecule has 2 atom stereocenters. The van der Waals surface area contributed by atoms with Gasteiger partial charge in [-0.15, -0.1) is 0 Å². The fourth-order valence-electron chi connectivity index (χ4n) is 3.66. The first-order chi connectivity index (χ1) is 15.9. The zero-order valence-electron chi connectivity index (χ0n) is 19.8. The van der Waals surface area contributed by atoms with Crippen molar-refractivity contribution in [3.63, 3.8) is 0 Å². The predicted molar refractivity (Wildman–Crippen MR) is 124 cm³/mol. The summed E-state index contributed by atoms with van der Waals surface area (Å²) in [5, 5.41) is 9.91. The van der Waals surface area contributed by atoms with Crippen molar-refractivity contribution in [3.05, 3.63) is 29.7 Å². The number of benzene rings is 1. The minimum atomic E-state index is -3.25. The number of carbonyl (C=O) groups is 2. The average Bonchev–Trinajstić information content (AvgIpc) is 3.10. The number of aromatic nitrogens is 2. The van der Waals surface area contributed by atoms with Crippen molar-refractivity contribution >= 4 is 32.6 Å². The van der Waals surface area contributed by atoms with Crippen LogP contribution in [0.25, 0.3) is 10.9 Å². The van der Waals surface area contributed by atoms with Crippen LogP contribution in [-0.2, 0) is 30.7 Å². The molecule has 34 heavy (non-hydrogen) atoms. The Morgan fingerprint density at radius 1 is 1.29 bits per heavy atom. The van der Waals surface area contributed by atoms with Crippen LogP contribution in [0.15, 0.2) is 18.2 Å². The number of sulfone groups is 1. The van der Waals surface area contributed by atoms with E-state index in [1.807, 2.05) is 0 Å². The van der Waals surface area contributed by atoms with Gasteiger partial charge in [-0.25, -0.2) is 12.8 Å². The van der Waals surface area contributed by atoms with E-state index in [9.17, 15) is 22.4 Å². The van der Waals surface area contributed by atoms with Gasteiger partial charge >= 0.3 is 0 Å². The van der Waals surface area contributed by atoms with Gasteiger partial charge < -0.3 is 20.1 Å². The Labute approximate surface area is 198 Å². The van der Waals surface area contributed by atoms with E-state index in [0.717, 1.165) is 6.26 Å². The Kier molecular flexibility index (Phi) is 7.94. The molecule has 0 aliphatic carbocycles. The molecule has 1 aliphatic heterocycles. The summed E-state index contributed by atoms with van der Waals surface area (Å²) in [6.45, 7) is 6.66. The lowest BCUT2D eigenvalue weighted by Gasteiger charge is -2.30. The molecule has 0 spiro atoms. The largest absolute Gasteiger partial charge is 0.376 e. The number of para-hydroxylation sites is 1. The summed E-state index contributed by atoms with van der Waals surface area (Å²) < 4.78 is 49.9. The maximum Gasteiger partial charge on any atom is 0.273 e. The maximum absolute atomic E-state index is 14.7. The second kappa shape index (κ2) is 10.4. The van der Waals surface area contributed by atoms with E-state index >= 15 is 0 Å². The number of amides is 2. The van der Waals surface area contributed by atoms with Gasteiger partial charge in [0.2, 0.25) is 5.91 Å². The Morgan fingerprint density at radius 3 is 2.65 bits per heavy atom. The lowest BCUT2D eigenvalue weighted by molar-refractivity contribution is -0.125. The predicted octanol–water partition coefficient (Wildman–Crippen LogP) is 0.896. The molecule has 188 valence electrons. The van der Waals surface area contributed by atoms with Crippen molar-refractivity contribution in [2.24, 2.45) is 5.41 Å². The third kappa shape index (κ3) is 6.51. The van der Waals surface area contributed by atoms with Crippen molar-refractivity contribution in [2.75, 3.05) is 38.4 Å². The van der Waals surface area contributed by atoms with Gasteiger partial charge in [-0.1, -0.05) is 32.9 Å². The van der Waals surface area contributed by atoms with Crippen molar-refractivity contribution in [3.8, 4) is 0 Å². The summed E-state index contributed by atoms with van der Waals surface area (Å²) in [5.41, 5.74) is -0.557. The molecule has 1 aromatic heterocycles. The van der Waals surface area contributed by atoms with Gasteiger partial charge in [0.1, 0.15) is 33.3 Å². The summed E-state index contributed by atoms with van der Waals surface area (Å²) >= 11 is 0. The second-order valence-corrected chi connectivity index (χ2v) is 11.7. The van der Waals surface area contributed by atoms with E-state index in [1.54, 1.807) is 26.8 Å². The molecule has 3 rings (SSSR count). The van der Waals surface area contributed by atoms with Crippen LogP contribution in [0, 0.1) is 11.2 Å². The van der Waals surface area contributed by atoms with E-state index in [1.165, 1.54) is 16.8 Å². The molecule has 0 radical (unpaired) electrons. The third-order valence-electron chi connectivity index (χ3n) is 5.37. The van der Waals surface area contributed by atoms with Crippen molar-refractivity contribution in [1.29, 1.82) is 0 Å². The van der Waals surface area contributed by atoms with E-state index in [4.69, 9.17) is 9.47 Å². The average molecular weight is 499 g/mol. The Morgan fingerprint density at radius 2 is 2.03 bits per heavy atom. The van der Waals surface area contributed by atoms with E-state index in [0.29, 0.717) is 25.2 Å². The number of ether oxygens (including phenoxy) is 2. The molecule has 0 bridgehead atoms. The summed E-state index contributed by atoms with van der Waals surface area (Å²) in [5.74, 6) is -1.92. The van der Waals surface area contributed by atoms with Gasteiger partial charge in [-0.3, -0.25) is 14.3 Å². The lowest BCUT2D eigenvalue weighted by atomic mass is 9.86. The minimum absolute atomic E-state index is 0.0237. The number of halogens is 1. The fraction of sp³-hybridized carbons (Fsp3) is 0.591. The summed E-state index contributed by atoms with van der Waals surface area (Å²) in [7, 11) is -3.25. The maximum atomic E-state index is 14.7. The number of hydrogen-bond donors (Lipinski definition) is 2. The van der Waals surface area contributed by atoms with Gasteiger partial charge in [0.15, 0.2) is 5.69 Å². The quantitative estimate of drug-likeness (QED) is 0.553. The number of nitrogens with one attached hydrogen (secondary N) is 2. The molecule has 10 nitrogen and oxygen atoms in total. The van der Waals surface area contributed by atoms with Crippen LogP contribution in [0.3, 0.4) is 0 Å². The molecular weight excluding hydrogens is 467 g/mol. The molecule has 2 heterocycles. The van der Waals surface area contributed by atoms with Crippen LogP contribution in [0.1, 0.15) is 31.3 Å². The smallest absolute Gasteiger partial charge is 0.273 e. The molecule has 0 saturated carbocycles. The van der Waals surface area contributed by atoms with E-state index < -0.39 is 38.9 Å². The topological polar surface area (TPSA) is 129 Å². The number of hydrogen-bond acceptors (Lipinski definition) is 7. The second-order valence-electron chi connectivity index (χ2n) is 9.43. The van der Waals surface area contributed by atoms with E-state index in [2.05, 4.69) is 15.7 Å². The monoisotopic (exact) mass is 498 g/mol. The summed E-state index contributed by atoms with van der Waals surface area (Å²) in [6.07, 6.45) is 0.739. The number of fused-ring (bicyclic) bond motifs is 1. The first kappa shape index (κ1) is 26.0. The highest BCUT2D eigenvalue weighted by Gasteiger charge is 2.34. The standard InChI is InChI=1S/C22H31FN4O6S/c1-22(2,3)19(21(29)24-8-11-34(4,30)31)25-20(28)17-15-6-5-7-16(23)18(15)27(26-17)12-14-13-32-9-10-33-14/h5-7,14,19H,8-13H2,1-4H3,(H,24,29)(H,25,28)/t14-,19-/m1/s1. The van der Waals surface area contributed by atoms with Gasteiger partial charge in [-0.2, -0.15) is 5.10 Å². The fourth-order valence-corrected chi connectivity index (χ4v) is 4.14.